The van der Waals surface area contributed by atoms with Gasteiger partial charge in [0.15, 0.2) is 11.5 Å². The highest BCUT2D eigenvalue weighted by molar-refractivity contribution is 5.44. The summed E-state index contributed by atoms with van der Waals surface area (Å²) in [5, 5.41) is 0. The zero-order chi connectivity index (χ0) is 12.5. The maximum Gasteiger partial charge on any atom is 0.231 e. The van der Waals surface area contributed by atoms with E-state index in [1.165, 1.54) is 18.4 Å². The minimum absolute atomic E-state index is 0.342. The normalized spacial score (nSPS) is 25.3. The summed E-state index contributed by atoms with van der Waals surface area (Å²) >= 11 is 0. The Morgan fingerprint density at radius 1 is 1.28 bits per heavy atom. The van der Waals surface area contributed by atoms with Crippen LogP contribution in [0.1, 0.15) is 18.4 Å². The molecule has 1 aromatic rings. The molecular weight excluding hydrogens is 228 g/mol. The van der Waals surface area contributed by atoms with E-state index < -0.39 is 0 Å². The molecule has 2 aliphatic rings. The maximum atomic E-state index is 5.81. The van der Waals surface area contributed by atoms with Crippen molar-refractivity contribution >= 4 is 0 Å². The van der Waals surface area contributed by atoms with Crippen molar-refractivity contribution in [1.82, 2.24) is 4.90 Å². The molecule has 0 aromatic heterocycles. The van der Waals surface area contributed by atoms with Crippen LogP contribution in [0.4, 0.5) is 0 Å². The number of nitrogens with two attached hydrogens (primary N) is 1. The predicted molar refractivity (Wildman–Crippen MR) is 69.6 cm³/mol. The third kappa shape index (κ3) is 2.44. The Balaban J connectivity index is 1.55. The van der Waals surface area contributed by atoms with Crippen molar-refractivity contribution in [2.24, 2.45) is 11.7 Å². The Hall–Kier alpha value is -1.26. The lowest BCUT2D eigenvalue weighted by atomic mass is 9.80. The highest BCUT2D eigenvalue weighted by Crippen LogP contribution is 2.33. The summed E-state index contributed by atoms with van der Waals surface area (Å²) in [6.07, 6.45) is 2.34. The van der Waals surface area contributed by atoms with Crippen LogP contribution in [0.5, 0.6) is 11.5 Å². The molecule has 1 heterocycles. The monoisotopic (exact) mass is 248 g/mol. The fourth-order valence-corrected chi connectivity index (χ4v) is 2.79. The SMILES string of the molecule is CN(Cc1ccc2c(c1)OCO2)CC1CC(N)C1. The number of hydrogen-bond acceptors (Lipinski definition) is 4. The van der Waals surface area contributed by atoms with E-state index in [-0.39, 0.29) is 0 Å². The van der Waals surface area contributed by atoms with Crippen molar-refractivity contribution in [3.63, 3.8) is 0 Å². The number of hydrogen-bond donors (Lipinski definition) is 1. The number of ether oxygens (including phenoxy) is 2. The minimum atomic E-state index is 0.342. The van der Waals surface area contributed by atoms with Crippen LogP contribution in [0.2, 0.25) is 0 Å². The molecule has 1 aliphatic carbocycles. The summed E-state index contributed by atoms with van der Waals surface area (Å²) in [7, 11) is 2.16. The molecule has 1 fully saturated rings. The van der Waals surface area contributed by atoms with Crippen molar-refractivity contribution < 1.29 is 9.47 Å². The zero-order valence-corrected chi connectivity index (χ0v) is 10.8. The van der Waals surface area contributed by atoms with Gasteiger partial charge >= 0.3 is 0 Å². The van der Waals surface area contributed by atoms with Crippen LogP contribution in [-0.2, 0) is 6.54 Å². The molecule has 0 radical (unpaired) electrons. The minimum Gasteiger partial charge on any atom is -0.454 e. The van der Waals surface area contributed by atoms with Crippen molar-refractivity contribution in [2.45, 2.75) is 25.4 Å². The maximum absolute atomic E-state index is 5.81. The van der Waals surface area contributed by atoms with Gasteiger partial charge in [-0.05, 0) is 43.5 Å². The number of benzene rings is 1. The molecule has 0 saturated heterocycles. The van der Waals surface area contributed by atoms with Gasteiger partial charge in [0, 0.05) is 19.1 Å². The first-order valence-corrected chi connectivity index (χ1v) is 6.53. The average Bonchev–Trinajstić information content (AvgIpc) is 2.74. The van der Waals surface area contributed by atoms with E-state index in [1.54, 1.807) is 0 Å². The third-order valence-corrected chi connectivity index (χ3v) is 3.73. The first-order chi connectivity index (χ1) is 8.70. The Morgan fingerprint density at radius 2 is 2.06 bits per heavy atom. The standard InChI is InChI=1S/C14H20N2O2/c1-16(8-11-4-12(15)5-11)7-10-2-3-13-14(6-10)18-9-17-13/h2-3,6,11-12H,4-5,7-9,15H2,1H3. The van der Waals surface area contributed by atoms with Crippen LogP contribution in [0.15, 0.2) is 18.2 Å². The molecule has 98 valence electrons. The molecular formula is C14H20N2O2. The fourth-order valence-electron chi connectivity index (χ4n) is 2.79. The molecule has 4 nitrogen and oxygen atoms in total. The van der Waals surface area contributed by atoms with Crippen molar-refractivity contribution in [3.8, 4) is 11.5 Å². The molecule has 3 rings (SSSR count). The van der Waals surface area contributed by atoms with Gasteiger partial charge in [-0.15, -0.1) is 0 Å². The summed E-state index contributed by atoms with van der Waals surface area (Å²) < 4.78 is 10.7. The van der Waals surface area contributed by atoms with Crippen LogP contribution < -0.4 is 15.2 Å². The van der Waals surface area contributed by atoms with Gasteiger partial charge in [-0.2, -0.15) is 0 Å². The van der Waals surface area contributed by atoms with E-state index >= 15 is 0 Å². The molecule has 1 aromatic carbocycles. The van der Waals surface area contributed by atoms with Crippen LogP contribution >= 0.6 is 0 Å². The Bertz CT molecular complexity index is 430. The topological polar surface area (TPSA) is 47.7 Å². The number of nitrogens with zero attached hydrogens (tertiary/aromatic N) is 1. The van der Waals surface area contributed by atoms with E-state index in [2.05, 4.69) is 24.1 Å². The van der Waals surface area contributed by atoms with Crippen molar-refractivity contribution in [2.75, 3.05) is 20.4 Å². The summed E-state index contributed by atoms with van der Waals surface area (Å²) in [5.74, 6) is 2.50. The second-order valence-electron chi connectivity index (χ2n) is 5.48. The van der Waals surface area contributed by atoms with Gasteiger partial charge in [0.1, 0.15) is 0 Å². The first kappa shape index (κ1) is 11.8. The van der Waals surface area contributed by atoms with Crippen LogP contribution in [0, 0.1) is 5.92 Å². The fraction of sp³-hybridized carbons (Fsp3) is 0.571. The molecule has 2 N–H and O–H groups in total. The number of rotatable bonds is 4. The molecule has 18 heavy (non-hydrogen) atoms. The smallest absolute Gasteiger partial charge is 0.231 e. The van der Waals surface area contributed by atoms with Gasteiger partial charge in [-0.1, -0.05) is 6.07 Å². The van der Waals surface area contributed by atoms with Crippen LogP contribution in [-0.4, -0.2) is 31.3 Å². The highest BCUT2D eigenvalue weighted by Gasteiger charge is 2.26. The molecule has 0 amide bonds. The lowest BCUT2D eigenvalue weighted by Gasteiger charge is -2.35. The summed E-state index contributed by atoms with van der Waals surface area (Å²) in [4.78, 5) is 2.36. The first-order valence-electron chi connectivity index (χ1n) is 6.53. The molecule has 1 aliphatic heterocycles. The zero-order valence-electron chi connectivity index (χ0n) is 10.8. The Morgan fingerprint density at radius 3 is 2.83 bits per heavy atom. The van der Waals surface area contributed by atoms with Gasteiger partial charge in [0.05, 0.1) is 0 Å². The van der Waals surface area contributed by atoms with Gasteiger partial charge in [0.2, 0.25) is 6.79 Å². The van der Waals surface area contributed by atoms with Crippen LogP contribution in [0.25, 0.3) is 0 Å². The van der Waals surface area contributed by atoms with Gasteiger partial charge in [-0.25, -0.2) is 0 Å². The Labute approximate surface area is 108 Å². The van der Waals surface area contributed by atoms with E-state index in [9.17, 15) is 0 Å². The van der Waals surface area contributed by atoms with E-state index in [0.29, 0.717) is 12.8 Å². The largest absolute Gasteiger partial charge is 0.454 e. The molecule has 4 heteroatoms. The summed E-state index contributed by atoms with van der Waals surface area (Å²) in [6.45, 7) is 2.42. The van der Waals surface area contributed by atoms with Crippen LogP contribution in [0.3, 0.4) is 0 Å². The molecule has 0 spiro atoms. The van der Waals surface area contributed by atoms with Crippen molar-refractivity contribution in [3.05, 3.63) is 23.8 Å². The van der Waals surface area contributed by atoms with Gasteiger partial charge in [0.25, 0.3) is 0 Å². The van der Waals surface area contributed by atoms with Gasteiger partial charge in [-0.3, -0.25) is 0 Å². The van der Waals surface area contributed by atoms with E-state index in [0.717, 1.165) is 30.5 Å². The Kier molecular flexibility index (Phi) is 3.14. The molecule has 0 bridgehead atoms. The lowest BCUT2D eigenvalue weighted by Crippen LogP contribution is -2.41. The summed E-state index contributed by atoms with van der Waals surface area (Å²) in [5.41, 5.74) is 7.08. The third-order valence-electron chi connectivity index (χ3n) is 3.73. The van der Waals surface area contributed by atoms with Crippen molar-refractivity contribution in [1.29, 1.82) is 0 Å². The second-order valence-corrected chi connectivity index (χ2v) is 5.48. The van der Waals surface area contributed by atoms with E-state index in [4.69, 9.17) is 15.2 Å². The quantitative estimate of drug-likeness (QED) is 0.879. The lowest BCUT2D eigenvalue weighted by molar-refractivity contribution is 0.173. The predicted octanol–water partition coefficient (Wildman–Crippen LogP) is 1.58. The highest BCUT2D eigenvalue weighted by atomic mass is 16.7. The summed E-state index contributed by atoms with van der Waals surface area (Å²) in [6, 6.07) is 6.61. The van der Waals surface area contributed by atoms with E-state index in [1.807, 2.05) is 6.07 Å². The number of fused-ring (bicyclic) bond motifs is 1. The van der Waals surface area contributed by atoms with Gasteiger partial charge < -0.3 is 20.1 Å². The molecule has 0 atom stereocenters. The second kappa shape index (κ2) is 4.78. The molecule has 0 unspecified atom stereocenters. The molecule has 1 saturated carbocycles. The average molecular weight is 248 g/mol.